The summed E-state index contributed by atoms with van der Waals surface area (Å²) in [7, 11) is 0. The standard InChI is InChI=1S/C41H35F2N3O7S/c42-30-15-11-26(12-16-30)34(47)25-54-38-37(46(39(38)50)32-19-17-31(43)18-20-32)27-13-21-33(22-14-27)53-24-36(49)44-23-35(48)45-41(40(51)52,28-7-3-1-4-8-28)29-9-5-2-6-10-29/h1-22,34,37-38,47H,23-25H2,(H,44,49)(H,45,48)(H,51,52)/t34?,37-,38-/m1/s1. The Morgan fingerprint density at radius 1 is 0.778 bits per heavy atom. The first-order chi connectivity index (χ1) is 26.1. The summed E-state index contributed by atoms with van der Waals surface area (Å²) in [4.78, 5) is 53.4. The predicted octanol–water partition coefficient (Wildman–Crippen LogP) is 5.53. The number of rotatable bonds is 15. The fourth-order valence-corrected chi connectivity index (χ4v) is 7.49. The highest BCUT2D eigenvalue weighted by atomic mass is 32.2. The maximum atomic E-state index is 13.7. The van der Waals surface area contributed by atoms with Gasteiger partial charge < -0.3 is 30.5 Å². The Bertz CT molecular complexity index is 2050. The number of aliphatic carboxylic acids is 1. The molecule has 1 unspecified atom stereocenters. The number of halogens is 2. The van der Waals surface area contributed by atoms with Crippen LogP contribution in [-0.2, 0) is 24.7 Å². The summed E-state index contributed by atoms with van der Waals surface area (Å²) in [6.07, 6.45) is -0.940. The normalized spacial score (nSPS) is 15.8. The molecule has 54 heavy (non-hydrogen) atoms. The molecular formula is C41H35F2N3O7S. The van der Waals surface area contributed by atoms with Gasteiger partial charge in [0, 0.05) is 11.4 Å². The zero-order chi connectivity index (χ0) is 38.2. The summed E-state index contributed by atoms with van der Waals surface area (Å²) >= 11 is 1.25. The third kappa shape index (κ3) is 8.27. The first-order valence-electron chi connectivity index (χ1n) is 16.9. The van der Waals surface area contributed by atoms with Crippen LogP contribution in [-0.4, -0.2) is 58.1 Å². The molecule has 4 N–H and O–H groups in total. The highest BCUT2D eigenvalue weighted by molar-refractivity contribution is 8.00. The molecule has 0 spiro atoms. The number of aliphatic hydroxyl groups excluding tert-OH is 1. The Hall–Kier alpha value is -6.05. The SMILES string of the molecule is O=C(COc1ccc([C@@H]2[C@@H](SCC(O)c3ccc(F)cc3)C(=O)N2c2ccc(F)cc2)cc1)NCC(=O)NC(C(=O)O)(c1ccccc1)c1ccccc1. The van der Waals surface area contributed by atoms with E-state index >= 15 is 0 Å². The van der Waals surface area contributed by atoms with Crippen molar-refractivity contribution in [3.63, 3.8) is 0 Å². The lowest BCUT2D eigenvalue weighted by atomic mass is 9.82. The van der Waals surface area contributed by atoms with Gasteiger partial charge in [-0.1, -0.05) is 84.9 Å². The van der Waals surface area contributed by atoms with Crippen molar-refractivity contribution in [2.24, 2.45) is 0 Å². The molecule has 1 fully saturated rings. The van der Waals surface area contributed by atoms with Crippen LogP contribution >= 0.6 is 11.8 Å². The quantitative estimate of drug-likeness (QED) is 0.102. The van der Waals surface area contributed by atoms with Crippen LogP contribution in [0, 0.1) is 11.6 Å². The summed E-state index contributed by atoms with van der Waals surface area (Å²) in [5, 5.41) is 25.6. The van der Waals surface area contributed by atoms with Crippen molar-refractivity contribution in [3.05, 3.63) is 167 Å². The predicted molar refractivity (Wildman–Crippen MR) is 199 cm³/mol. The fraction of sp³-hybridized carbons (Fsp3) is 0.171. The van der Waals surface area contributed by atoms with Crippen molar-refractivity contribution < 1.29 is 42.9 Å². The Morgan fingerprint density at radius 3 is 1.89 bits per heavy atom. The van der Waals surface area contributed by atoms with E-state index in [0.717, 1.165) is 5.56 Å². The zero-order valence-electron chi connectivity index (χ0n) is 28.6. The fourth-order valence-electron chi connectivity index (χ4n) is 6.20. The minimum atomic E-state index is -1.90. The number of anilines is 1. The van der Waals surface area contributed by atoms with E-state index in [1.54, 1.807) is 89.8 Å². The number of hydrogen-bond donors (Lipinski definition) is 4. The van der Waals surface area contributed by atoms with Crippen LogP contribution in [0.1, 0.15) is 34.4 Å². The van der Waals surface area contributed by atoms with Crippen LogP contribution in [0.15, 0.2) is 133 Å². The average Bonchev–Trinajstić information content (AvgIpc) is 3.19. The molecule has 0 aromatic heterocycles. The maximum Gasteiger partial charge on any atom is 0.338 e. The number of benzene rings is 5. The summed E-state index contributed by atoms with van der Waals surface area (Å²) in [6, 6.07) is 33.8. The molecular weight excluding hydrogens is 717 g/mol. The van der Waals surface area contributed by atoms with Crippen LogP contribution in [0.4, 0.5) is 14.5 Å². The van der Waals surface area contributed by atoms with Crippen molar-refractivity contribution in [1.29, 1.82) is 0 Å². The second-order valence-corrected chi connectivity index (χ2v) is 13.6. The largest absolute Gasteiger partial charge is 0.484 e. The van der Waals surface area contributed by atoms with E-state index in [1.165, 1.54) is 60.3 Å². The number of aliphatic hydroxyl groups is 1. The van der Waals surface area contributed by atoms with Gasteiger partial charge in [-0.3, -0.25) is 14.4 Å². The Kier molecular flexibility index (Phi) is 11.7. The first-order valence-corrected chi connectivity index (χ1v) is 17.9. The molecule has 1 aliphatic rings. The molecule has 1 aliphatic heterocycles. The zero-order valence-corrected chi connectivity index (χ0v) is 29.4. The molecule has 5 aromatic carbocycles. The van der Waals surface area contributed by atoms with Crippen molar-refractivity contribution in [2.75, 3.05) is 23.8 Å². The number of nitrogens with one attached hydrogen (secondary N) is 2. The molecule has 3 amide bonds. The van der Waals surface area contributed by atoms with Gasteiger partial charge in [0.2, 0.25) is 11.8 Å². The van der Waals surface area contributed by atoms with Gasteiger partial charge >= 0.3 is 5.97 Å². The van der Waals surface area contributed by atoms with Gasteiger partial charge in [0.05, 0.1) is 18.7 Å². The topological polar surface area (TPSA) is 145 Å². The summed E-state index contributed by atoms with van der Waals surface area (Å²) < 4.78 is 32.7. The molecule has 5 aromatic rings. The first kappa shape index (κ1) is 37.7. The van der Waals surface area contributed by atoms with E-state index in [0.29, 0.717) is 28.1 Å². The Balaban J connectivity index is 1.08. The number of nitrogens with zero attached hydrogens (tertiary/aromatic N) is 1. The molecule has 13 heteroatoms. The second kappa shape index (κ2) is 16.7. The Morgan fingerprint density at radius 2 is 1.33 bits per heavy atom. The number of hydrogen-bond acceptors (Lipinski definition) is 7. The lowest BCUT2D eigenvalue weighted by Crippen LogP contribution is -2.57. The number of β-lactam (4-membered cyclic amide) rings is 1. The molecule has 1 saturated heterocycles. The molecule has 0 bridgehead atoms. The van der Waals surface area contributed by atoms with E-state index in [4.69, 9.17) is 4.74 Å². The highest BCUT2D eigenvalue weighted by Crippen LogP contribution is 2.46. The van der Waals surface area contributed by atoms with Crippen molar-refractivity contribution in [2.45, 2.75) is 22.9 Å². The van der Waals surface area contributed by atoms with Gasteiger partial charge in [-0.15, -0.1) is 11.8 Å². The van der Waals surface area contributed by atoms with Crippen LogP contribution in [0.3, 0.4) is 0 Å². The number of thioether (sulfide) groups is 1. The molecule has 0 aliphatic carbocycles. The van der Waals surface area contributed by atoms with Gasteiger partial charge in [-0.25, -0.2) is 13.6 Å². The van der Waals surface area contributed by atoms with E-state index in [1.807, 2.05) is 0 Å². The number of amides is 3. The number of carbonyl (C=O) groups is 4. The monoisotopic (exact) mass is 751 g/mol. The maximum absolute atomic E-state index is 13.7. The third-order valence-corrected chi connectivity index (χ3v) is 10.3. The number of ether oxygens (including phenoxy) is 1. The molecule has 6 rings (SSSR count). The second-order valence-electron chi connectivity index (χ2n) is 12.4. The van der Waals surface area contributed by atoms with E-state index in [2.05, 4.69) is 10.6 Å². The minimum absolute atomic E-state index is 0.167. The average molecular weight is 752 g/mol. The van der Waals surface area contributed by atoms with E-state index in [-0.39, 0.29) is 11.7 Å². The lowest BCUT2D eigenvalue weighted by molar-refractivity contribution is -0.146. The highest BCUT2D eigenvalue weighted by Gasteiger charge is 2.49. The van der Waals surface area contributed by atoms with Gasteiger partial charge in [0.15, 0.2) is 12.1 Å². The van der Waals surface area contributed by atoms with Gasteiger partial charge in [0.1, 0.15) is 22.6 Å². The number of carbonyl (C=O) groups excluding carboxylic acids is 3. The molecule has 276 valence electrons. The molecule has 1 heterocycles. The van der Waals surface area contributed by atoms with Crippen molar-refractivity contribution in [1.82, 2.24) is 10.6 Å². The number of carboxylic acids is 1. The minimum Gasteiger partial charge on any atom is -0.484 e. The smallest absolute Gasteiger partial charge is 0.338 e. The summed E-state index contributed by atoms with van der Waals surface area (Å²) in [5.41, 5.74) is 0.488. The van der Waals surface area contributed by atoms with E-state index in [9.17, 15) is 38.2 Å². The van der Waals surface area contributed by atoms with E-state index < -0.39 is 65.5 Å². The molecule has 0 radical (unpaired) electrons. The van der Waals surface area contributed by atoms with Crippen LogP contribution < -0.4 is 20.3 Å². The lowest BCUT2D eigenvalue weighted by Gasteiger charge is -2.47. The van der Waals surface area contributed by atoms with Gasteiger partial charge in [0.25, 0.3) is 5.91 Å². The Labute approximate surface area is 313 Å². The van der Waals surface area contributed by atoms with Gasteiger partial charge in [-0.2, -0.15) is 0 Å². The number of carboxylic acid groups (broad SMARTS) is 1. The van der Waals surface area contributed by atoms with Crippen LogP contribution in [0.25, 0.3) is 0 Å². The van der Waals surface area contributed by atoms with Crippen molar-refractivity contribution in [3.8, 4) is 5.75 Å². The molecule has 0 saturated carbocycles. The summed E-state index contributed by atoms with van der Waals surface area (Å²) in [5.74, 6) is -3.27. The summed E-state index contributed by atoms with van der Waals surface area (Å²) in [6.45, 7) is -0.961. The van der Waals surface area contributed by atoms with Crippen molar-refractivity contribution >= 4 is 41.1 Å². The third-order valence-electron chi connectivity index (χ3n) is 8.94. The van der Waals surface area contributed by atoms with Gasteiger partial charge in [-0.05, 0) is 70.8 Å². The molecule has 3 atom stereocenters. The van der Waals surface area contributed by atoms with Crippen LogP contribution in [0.2, 0.25) is 0 Å². The van der Waals surface area contributed by atoms with Crippen LogP contribution in [0.5, 0.6) is 5.75 Å². The molecule has 10 nitrogen and oxygen atoms in total.